The van der Waals surface area contributed by atoms with E-state index in [0.717, 1.165) is 28.4 Å². The average molecular weight is 256 g/mol. The Morgan fingerprint density at radius 1 is 1.29 bits per heavy atom. The molecule has 0 aromatic heterocycles. The summed E-state index contributed by atoms with van der Waals surface area (Å²) in [6.45, 7) is 8.63. The Balaban J connectivity index is 2.86. The van der Waals surface area contributed by atoms with E-state index in [-0.39, 0.29) is 0 Å². The average Bonchev–Trinajstić information content (AvgIpc) is 2.21. The molecule has 96 valence electrons. The molecule has 0 saturated carbocycles. The van der Waals surface area contributed by atoms with E-state index < -0.39 is 0 Å². The minimum Gasteiger partial charge on any atom is -0.495 e. The standard InChI is InChI=1S/C14H22ClNO/c1-9(2)6-11(4)16-13-7-10(3)12(15)8-14(13)17-5/h7-9,11,16H,6H2,1-5H3. The van der Waals surface area contributed by atoms with E-state index in [2.05, 4.69) is 26.1 Å². The van der Waals surface area contributed by atoms with Crippen molar-refractivity contribution < 1.29 is 4.74 Å². The van der Waals surface area contributed by atoms with Crippen LogP contribution in [0.2, 0.25) is 5.02 Å². The second kappa shape index (κ2) is 6.15. The van der Waals surface area contributed by atoms with Crippen LogP contribution in [-0.4, -0.2) is 13.2 Å². The fourth-order valence-corrected chi connectivity index (χ4v) is 2.13. The molecule has 0 fully saturated rings. The highest BCUT2D eigenvalue weighted by Gasteiger charge is 2.10. The molecule has 3 heteroatoms. The van der Waals surface area contributed by atoms with Crippen molar-refractivity contribution in [1.29, 1.82) is 0 Å². The SMILES string of the molecule is COc1cc(Cl)c(C)cc1NC(C)CC(C)C. The lowest BCUT2D eigenvalue weighted by molar-refractivity contribution is 0.415. The van der Waals surface area contributed by atoms with Gasteiger partial charge in [0.2, 0.25) is 0 Å². The van der Waals surface area contributed by atoms with E-state index in [1.54, 1.807) is 7.11 Å². The van der Waals surface area contributed by atoms with Crippen molar-refractivity contribution in [2.75, 3.05) is 12.4 Å². The van der Waals surface area contributed by atoms with E-state index in [1.807, 2.05) is 19.1 Å². The molecule has 0 saturated heterocycles. The zero-order valence-corrected chi connectivity index (χ0v) is 12.1. The number of rotatable bonds is 5. The quantitative estimate of drug-likeness (QED) is 0.836. The Bertz CT molecular complexity index is 377. The molecule has 0 aliphatic rings. The van der Waals surface area contributed by atoms with E-state index in [4.69, 9.17) is 16.3 Å². The molecule has 0 aliphatic heterocycles. The molecular formula is C14H22ClNO. The summed E-state index contributed by atoms with van der Waals surface area (Å²) in [5.74, 6) is 1.48. The van der Waals surface area contributed by atoms with Crippen LogP contribution >= 0.6 is 11.6 Å². The molecule has 17 heavy (non-hydrogen) atoms. The van der Waals surface area contributed by atoms with Gasteiger partial charge in [-0.25, -0.2) is 0 Å². The molecule has 1 N–H and O–H groups in total. The Hall–Kier alpha value is -0.890. The molecular weight excluding hydrogens is 234 g/mol. The number of halogens is 1. The molecule has 1 atom stereocenters. The third kappa shape index (κ3) is 4.12. The molecule has 0 heterocycles. The molecule has 0 amide bonds. The van der Waals surface area contributed by atoms with Crippen LogP contribution in [0, 0.1) is 12.8 Å². The molecule has 0 bridgehead atoms. The summed E-state index contributed by atoms with van der Waals surface area (Å²) in [6.07, 6.45) is 1.13. The van der Waals surface area contributed by atoms with E-state index >= 15 is 0 Å². The maximum absolute atomic E-state index is 6.08. The Labute approximate surface area is 109 Å². The Kier molecular flexibility index (Phi) is 5.13. The molecule has 0 spiro atoms. The van der Waals surface area contributed by atoms with Gasteiger partial charge in [-0.2, -0.15) is 0 Å². The van der Waals surface area contributed by atoms with Gasteiger partial charge in [0.15, 0.2) is 0 Å². The number of aryl methyl sites for hydroxylation is 1. The van der Waals surface area contributed by atoms with Gasteiger partial charge in [-0.3, -0.25) is 0 Å². The summed E-state index contributed by atoms with van der Waals surface area (Å²) < 4.78 is 5.34. The van der Waals surface area contributed by atoms with Gasteiger partial charge in [-0.15, -0.1) is 0 Å². The lowest BCUT2D eigenvalue weighted by Gasteiger charge is -2.20. The van der Waals surface area contributed by atoms with Gasteiger partial charge in [0, 0.05) is 17.1 Å². The van der Waals surface area contributed by atoms with Crippen LogP contribution in [0.3, 0.4) is 0 Å². The van der Waals surface area contributed by atoms with Crippen LogP contribution < -0.4 is 10.1 Å². The second-order valence-electron chi connectivity index (χ2n) is 4.98. The molecule has 0 radical (unpaired) electrons. The van der Waals surface area contributed by atoms with Crippen LogP contribution in [0.5, 0.6) is 5.75 Å². The van der Waals surface area contributed by atoms with Crippen LogP contribution in [0.25, 0.3) is 0 Å². The largest absolute Gasteiger partial charge is 0.495 e. The lowest BCUT2D eigenvalue weighted by atomic mass is 10.0. The molecule has 1 aromatic rings. The van der Waals surface area contributed by atoms with Crippen LogP contribution in [0.1, 0.15) is 32.8 Å². The van der Waals surface area contributed by atoms with Crippen LogP contribution in [0.4, 0.5) is 5.69 Å². The van der Waals surface area contributed by atoms with Gasteiger partial charge in [-0.05, 0) is 37.8 Å². The van der Waals surface area contributed by atoms with Crippen molar-refractivity contribution in [1.82, 2.24) is 0 Å². The van der Waals surface area contributed by atoms with Gasteiger partial charge in [0.25, 0.3) is 0 Å². The predicted molar refractivity (Wildman–Crippen MR) is 75.3 cm³/mol. The summed E-state index contributed by atoms with van der Waals surface area (Å²) in [5.41, 5.74) is 2.08. The normalized spacial score (nSPS) is 12.6. The molecule has 1 unspecified atom stereocenters. The van der Waals surface area contributed by atoms with Gasteiger partial charge < -0.3 is 10.1 Å². The number of methoxy groups -OCH3 is 1. The van der Waals surface area contributed by atoms with Gasteiger partial charge in [-0.1, -0.05) is 25.4 Å². The maximum Gasteiger partial charge on any atom is 0.143 e. The topological polar surface area (TPSA) is 21.3 Å². The Morgan fingerprint density at radius 2 is 1.94 bits per heavy atom. The number of hydrogen-bond acceptors (Lipinski definition) is 2. The molecule has 1 rings (SSSR count). The van der Waals surface area contributed by atoms with Crippen molar-refractivity contribution in [3.05, 3.63) is 22.7 Å². The van der Waals surface area contributed by atoms with Crippen molar-refractivity contribution in [3.63, 3.8) is 0 Å². The van der Waals surface area contributed by atoms with Crippen LogP contribution in [0.15, 0.2) is 12.1 Å². The Morgan fingerprint density at radius 3 is 2.47 bits per heavy atom. The molecule has 2 nitrogen and oxygen atoms in total. The van der Waals surface area contributed by atoms with Gasteiger partial charge in [0.1, 0.15) is 5.75 Å². The highest BCUT2D eigenvalue weighted by molar-refractivity contribution is 6.31. The fourth-order valence-electron chi connectivity index (χ4n) is 1.98. The highest BCUT2D eigenvalue weighted by Crippen LogP contribution is 2.31. The minimum atomic E-state index is 0.421. The summed E-state index contributed by atoms with van der Waals surface area (Å²) in [5, 5.41) is 4.22. The third-order valence-electron chi connectivity index (χ3n) is 2.71. The number of benzene rings is 1. The van der Waals surface area contributed by atoms with E-state index in [0.29, 0.717) is 12.0 Å². The number of ether oxygens (including phenoxy) is 1. The smallest absolute Gasteiger partial charge is 0.143 e. The van der Waals surface area contributed by atoms with Crippen molar-refractivity contribution in [2.45, 2.75) is 40.2 Å². The van der Waals surface area contributed by atoms with Crippen molar-refractivity contribution >= 4 is 17.3 Å². The van der Waals surface area contributed by atoms with Gasteiger partial charge in [0.05, 0.1) is 12.8 Å². The summed E-state index contributed by atoms with van der Waals surface area (Å²) in [4.78, 5) is 0. The maximum atomic E-state index is 6.08. The van der Waals surface area contributed by atoms with E-state index in [1.165, 1.54) is 0 Å². The molecule has 1 aromatic carbocycles. The number of hydrogen-bond donors (Lipinski definition) is 1. The lowest BCUT2D eigenvalue weighted by Crippen LogP contribution is -2.18. The highest BCUT2D eigenvalue weighted by atomic mass is 35.5. The zero-order chi connectivity index (χ0) is 13.0. The number of anilines is 1. The first-order valence-corrected chi connectivity index (χ1v) is 6.42. The number of nitrogens with one attached hydrogen (secondary N) is 1. The first kappa shape index (κ1) is 14.2. The van der Waals surface area contributed by atoms with Crippen molar-refractivity contribution in [3.8, 4) is 5.75 Å². The molecule has 0 aliphatic carbocycles. The van der Waals surface area contributed by atoms with Gasteiger partial charge >= 0.3 is 0 Å². The van der Waals surface area contributed by atoms with Crippen LogP contribution in [-0.2, 0) is 0 Å². The first-order valence-electron chi connectivity index (χ1n) is 6.04. The third-order valence-corrected chi connectivity index (χ3v) is 3.11. The van der Waals surface area contributed by atoms with E-state index in [9.17, 15) is 0 Å². The summed E-state index contributed by atoms with van der Waals surface area (Å²) >= 11 is 6.08. The monoisotopic (exact) mass is 255 g/mol. The first-order chi connectivity index (χ1) is 7.93. The minimum absolute atomic E-state index is 0.421. The summed E-state index contributed by atoms with van der Waals surface area (Å²) in [7, 11) is 1.67. The fraction of sp³-hybridized carbons (Fsp3) is 0.571. The van der Waals surface area contributed by atoms with Crippen molar-refractivity contribution in [2.24, 2.45) is 5.92 Å². The summed E-state index contributed by atoms with van der Waals surface area (Å²) in [6, 6.07) is 4.32. The zero-order valence-electron chi connectivity index (χ0n) is 11.3. The second-order valence-corrected chi connectivity index (χ2v) is 5.38. The predicted octanol–water partition coefficient (Wildman–Crippen LogP) is 4.50.